The third-order valence-corrected chi connectivity index (χ3v) is 4.24. The van der Waals surface area contributed by atoms with Crippen LogP contribution in [-0.4, -0.2) is 0 Å². The fourth-order valence-electron chi connectivity index (χ4n) is 2.31. The molecule has 3 aromatic carbocycles. The summed E-state index contributed by atoms with van der Waals surface area (Å²) in [6, 6.07) is 30.8. The van der Waals surface area contributed by atoms with Crippen LogP contribution in [0.25, 0.3) is 0 Å². The first-order chi connectivity index (χ1) is 15.0. The average molecular weight is 421 g/mol. The van der Waals surface area contributed by atoms with E-state index in [1.54, 1.807) is 0 Å². The van der Waals surface area contributed by atoms with Crippen molar-refractivity contribution in [1.82, 2.24) is 0 Å². The lowest BCUT2D eigenvalue weighted by atomic mass is 10.2. The van der Waals surface area contributed by atoms with Gasteiger partial charge in [-0.3, -0.25) is 0 Å². The van der Waals surface area contributed by atoms with Crippen LogP contribution in [0.5, 0.6) is 0 Å². The predicted molar refractivity (Wildman–Crippen MR) is 144 cm³/mol. The minimum absolute atomic E-state index is 1.32. The van der Waals surface area contributed by atoms with Gasteiger partial charge in [-0.2, -0.15) is 0 Å². The van der Waals surface area contributed by atoms with Crippen molar-refractivity contribution in [1.29, 1.82) is 0 Å². The summed E-state index contributed by atoms with van der Waals surface area (Å²) in [5, 5.41) is 0. The van der Waals surface area contributed by atoms with Crippen LogP contribution in [0.15, 0.2) is 91.0 Å². The zero-order chi connectivity index (χ0) is 23.6. The van der Waals surface area contributed by atoms with Crippen molar-refractivity contribution in [3.05, 3.63) is 108 Å². The topological polar surface area (TPSA) is 0 Å². The zero-order valence-corrected chi connectivity index (χ0v) is 21.4. The quantitative estimate of drug-likeness (QED) is 0.393. The summed E-state index contributed by atoms with van der Waals surface area (Å²) in [5.41, 5.74) is 3.97. The lowest BCUT2D eigenvalue weighted by Gasteiger charge is -1.82. The van der Waals surface area contributed by atoms with Crippen LogP contribution in [0, 0.1) is 20.8 Å². The van der Waals surface area contributed by atoms with Crippen molar-refractivity contribution in [2.24, 2.45) is 0 Å². The Morgan fingerprint density at radius 1 is 0.355 bits per heavy atom. The lowest BCUT2D eigenvalue weighted by molar-refractivity contribution is 0.772. The average Bonchev–Trinajstić information content (AvgIpc) is 2.78. The molecule has 0 spiro atoms. The first kappa shape index (κ1) is 30.9. The Morgan fingerprint density at radius 2 is 0.548 bits per heavy atom. The summed E-state index contributed by atoms with van der Waals surface area (Å²) >= 11 is 0. The minimum atomic E-state index is 1.32. The smallest absolute Gasteiger partial charge is 0.0398 e. The van der Waals surface area contributed by atoms with E-state index >= 15 is 0 Å². The summed E-state index contributed by atoms with van der Waals surface area (Å²) in [6.07, 6.45) is 8.15. The van der Waals surface area contributed by atoms with Crippen molar-refractivity contribution in [3.8, 4) is 0 Å². The molecular weight excluding hydrogens is 372 g/mol. The normalized spacial score (nSPS) is 8.61. The zero-order valence-electron chi connectivity index (χ0n) is 21.4. The fourth-order valence-corrected chi connectivity index (χ4v) is 2.31. The van der Waals surface area contributed by atoms with Gasteiger partial charge in [0.15, 0.2) is 0 Å². The maximum absolute atomic E-state index is 2.21. The molecule has 0 aliphatic carbocycles. The maximum atomic E-state index is 2.21. The molecule has 172 valence electrons. The van der Waals surface area contributed by atoms with Gasteiger partial charge in [-0.15, -0.1) is 0 Å². The molecule has 31 heavy (non-hydrogen) atoms. The Morgan fingerprint density at radius 3 is 0.613 bits per heavy atom. The van der Waals surface area contributed by atoms with Crippen LogP contribution < -0.4 is 0 Å². The number of hydrogen-bond donors (Lipinski definition) is 0. The summed E-state index contributed by atoms with van der Waals surface area (Å²) in [4.78, 5) is 0. The molecule has 0 N–H and O–H groups in total. The van der Waals surface area contributed by atoms with Crippen molar-refractivity contribution in [2.75, 3.05) is 0 Å². The van der Waals surface area contributed by atoms with E-state index in [1.165, 1.54) is 55.2 Å². The van der Waals surface area contributed by atoms with Gasteiger partial charge < -0.3 is 0 Å². The van der Waals surface area contributed by atoms with Gasteiger partial charge in [-0.1, -0.05) is 174 Å². The van der Waals surface area contributed by atoms with Crippen LogP contribution in [0.2, 0.25) is 0 Å². The summed E-state index contributed by atoms with van der Waals surface area (Å²) in [5.74, 6) is 0. The van der Waals surface area contributed by atoms with Gasteiger partial charge in [0, 0.05) is 0 Å². The molecule has 0 saturated heterocycles. The Kier molecular flexibility index (Phi) is 25.6. The third-order valence-electron chi connectivity index (χ3n) is 4.24. The molecule has 0 heterocycles. The Labute approximate surface area is 194 Å². The monoisotopic (exact) mass is 420 g/mol. The molecular formula is C31H48. The van der Waals surface area contributed by atoms with Crippen LogP contribution in [0.4, 0.5) is 0 Å². The highest BCUT2D eigenvalue weighted by Crippen LogP contribution is 1.93. The van der Waals surface area contributed by atoms with Gasteiger partial charge in [0.1, 0.15) is 0 Å². The minimum Gasteiger partial charge on any atom is -0.0654 e. The van der Waals surface area contributed by atoms with Crippen molar-refractivity contribution >= 4 is 0 Å². The molecule has 0 unspecified atom stereocenters. The van der Waals surface area contributed by atoms with E-state index in [9.17, 15) is 0 Å². The molecule has 0 bridgehead atoms. The van der Waals surface area contributed by atoms with E-state index in [-0.39, 0.29) is 0 Å². The maximum Gasteiger partial charge on any atom is -0.0398 e. The van der Waals surface area contributed by atoms with E-state index in [4.69, 9.17) is 0 Å². The second-order valence-corrected chi connectivity index (χ2v) is 7.67. The van der Waals surface area contributed by atoms with Crippen LogP contribution in [0.1, 0.15) is 82.9 Å². The highest BCUT2D eigenvalue weighted by atomic mass is 13.8. The SMILES string of the molecule is CCCCC.CCCCC.Cc1ccccc1.Cc1ccccc1.Cc1ccccc1. The van der Waals surface area contributed by atoms with E-state index in [0.717, 1.165) is 0 Å². The Balaban J connectivity index is 0. The van der Waals surface area contributed by atoms with Gasteiger partial charge in [0.2, 0.25) is 0 Å². The number of benzene rings is 3. The molecule has 3 aromatic rings. The Hall–Kier alpha value is -2.34. The highest BCUT2D eigenvalue weighted by molar-refractivity contribution is 5.13. The van der Waals surface area contributed by atoms with Gasteiger partial charge in [0.05, 0.1) is 0 Å². The van der Waals surface area contributed by atoms with Gasteiger partial charge in [-0.25, -0.2) is 0 Å². The predicted octanol–water partition coefficient (Wildman–Crippen LogP) is 10.4. The molecule has 0 aliphatic heterocycles. The van der Waals surface area contributed by atoms with Crippen molar-refractivity contribution in [2.45, 2.75) is 87.0 Å². The van der Waals surface area contributed by atoms with Crippen molar-refractivity contribution in [3.63, 3.8) is 0 Å². The number of hydrogen-bond acceptors (Lipinski definition) is 0. The molecule has 0 amide bonds. The number of unbranched alkanes of at least 4 members (excludes halogenated alkanes) is 4. The summed E-state index contributed by atoms with van der Waals surface area (Å²) in [6.45, 7) is 15.1. The van der Waals surface area contributed by atoms with Gasteiger partial charge >= 0.3 is 0 Å². The summed E-state index contributed by atoms with van der Waals surface area (Å²) in [7, 11) is 0. The van der Waals surface area contributed by atoms with E-state index in [1.807, 2.05) is 54.6 Å². The molecule has 3 rings (SSSR count). The summed E-state index contributed by atoms with van der Waals surface area (Å²) < 4.78 is 0. The number of rotatable bonds is 4. The lowest BCUT2D eigenvalue weighted by Crippen LogP contribution is -1.62. The third kappa shape index (κ3) is 27.7. The van der Waals surface area contributed by atoms with E-state index in [2.05, 4.69) is 84.9 Å². The van der Waals surface area contributed by atoms with Gasteiger partial charge in [0.25, 0.3) is 0 Å². The second kappa shape index (κ2) is 25.7. The highest BCUT2D eigenvalue weighted by Gasteiger charge is 1.73. The fraction of sp³-hybridized carbons (Fsp3) is 0.419. The van der Waals surface area contributed by atoms with Crippen LogP contribution >= 0.6 is 0 Å². The van der Waals surface area contributed by atoms with Crippen LogP contribution in [0.3, 0.4) is 0 Å². The largest absolute Gasteiger partial charge is 0.0654 e. The molecule has 0 aromatic heterocycles. The second-order valence-electron chi connectivity index (χ2n) is 7.67. The van der Waals surface area contributed by atoms with Crippen LogP contribution in [-0.2, 0) is 0 Å². The molecule has 0 nitrogen and oxygen atoms in total. The number of aryl methyl sites for hydroxylation is 3. The molecule has 0 atom stereocenters. The Bertz CT molecular complexity index is 557. The molecule has 0 heteroatoms. The van der Waals surface area contributed by atoms with E-state index < -0.39 is 0 Å². The molecule has 0 radical (unpaired) electrons. The standard InChI is InChI=1S/3C7H8.2C5H12/c3*1-7-5-3-2-4-6-7;2*1-3-5-4-2/h3*2-6H,1H3;2*3-5H2,1-2H3. The first-order valence-electron chi connectivity index (χ1n) is 12.1. The first-order valence-corrected chi connectivity index (χ1v) is 12.1. The van der Waals surface area contributed by atoms with Crippen molar-refractivity contribution < 1.29 is 0 Å². The van der Waals surface area contributed by atoms with Gasteiger partial charge in [-0.05, 0) is 20.8 Å². The molecule has 0 aliphatic rings. The molecule has 0 saturated carbocycles. The van der Waals surface area contributed by atoms with E-state index in [0.29, 0.717) is 0 Å². The molecule has 0 fully saturated rings.